The van der Waals surface area contributed by atoms with Crippen LogP contribution >= 0.6 is 0 Å². The van der Waals surface area contributed by atoms with Crippen molar-refractivity contribution in [2.45, 2.75) is 20.8 Å². The van der Waals surface area contributed by atoms with Gasteiger partial charge in [-0.15, -0.1) is 0 Å². The molecule has 0 bridgehead atoms. The lowest BCUT2D eigenvalue weighted by Gasteiger charge is -1.87. The average molecular weight is 147 g/mol. The monoisotopic (exact) mass is 147 g/mol. The molecule has 0 saturated carbocycles. The van der Waals surface area contributed by atoms with Gasteiger partial charge >= 0.3 is 11.9 Å². The van der Waals surface area contributed by atoms with E-state index in [2.05, 4.69) is 4.74 Å². The third-order valence-electron chi connectivity index (χ3n) is 0.287. The molecular weight excluding hydrogens is 134 g/mol. The Labute approximate surface area is 60.3 Å². The lowest BCUT2D eigenvalue weighted by atomic mass is 10.7. The van der Waals surface area contributed by atoms with Crippen LogP contribution in [-0.2, 0) is 14.3 Å². The molecular formula is C6H13NO3. The third-order valence-corrected chi connectivity index (χ3v) is 0.287. The van der Waals surface area contributed by atoms with Gasteiger partial charge in [-0.3, -0.25) is 9.59 Å². The topological polar surface area (TPSA) is 69.4 Å². The van der Waals surface area contributed by atoms with Gasteiger partial charge in [0.15, 0.2) is 0 Å². The molecule has 0 aliphatic heterocycles. The van der Waals surface area contributed by atoms with Crippen molar-refractivity contribution in [1.29, 1.82) is 0 Å². The summed E-state index contributed by atoms with van der Waals surface area (Å²) in [6, 6.07) is 0. The van der Waals surface area contributed by atoms with Gasteiger partial charge in [0.25, 0.3) is 0 Å². The Bertz CT molecular complexity index is 99.6. The van der Waals surface area contributed by atoms with Gasteiger partial charge in [0.05, 0.1) is 0 Å². The highest BCUT2D eigenvalue weighted by Gasteiger charge is 1.93. The summed E-state index contributed by atoms with van der Waals surface area (Å²) in [5.74, 6) is -1.12. The van der Waals surface area contributed by atoms with Crippen molar-refractivity contribution in [3.8, 4) is 0 Å². The zero-order valence-electron chi connectivity index (χ0n) is 6.51. The number of nitrogens with two attached hydrogens (primary N) is 1. The normalized spacial score (nSPS) is 7.20. The highest BCUT2D eigenvalue weighted by atomic mass is 16.6. The molecule has 0 aliphatic carbocycles. The van der Waals surface area contributed by atoms with E-state index in [1.165, 1.54) is 13.8 Å². The van der Waals surface area contributed by atoms with Gasteiger partial charge in [-0.2, -0.15) is 0 Å². The van der Waals surface area contributed by atoms with Crippen LogP contribution in [0.4, 0.5) is 0 Å². The Balaban J connectivity index is 0. The van der Waals surface area contributed by atoms with Crippen molar-refractivity contribution in [2.75, 3.05) is 6.54 Å². The van der Waals surface area contributed by atoms with E-state index in [4.69, 9.17) is 5.73 Å². The molecule has 0 saturated heterocycles. The second-order valence-electron chi connectivity index (χ2n) is 1.49. The van der Waals surface area contributed by atoms with E-state index in [1.807, 2.05) is 6.92 Å². The molecule has 60 valence electrons. The maximum atomic E-state index is 9.81. The molecule has 0 atom stereocenters. The number of rotatable bonds is 0. The standard InChI is InChI=1S/C4H6O3.C2H7N/c1-3(5)7-4(2)6;1-2-3/h1-2H3;2-3H2,1H3. The predicted molar refractivity (Wildman–Crippen MR) is 37.2 cm³/mol. The SMILES string of the molecule is CC(=O)OC(C)=O.CCN. The highest BCUT2D eigenvalue weighted by molar-refractivity contribution is 5.82. The lowest BCUT2D eigenvalue weighted by Crippen LogP contribution is -2.03. The molecule has 0 unspecified atom stereocenters. The van der Waals surface area contributed by atoms with Gasteiger partial charge in [0.2, 0.25) is 0 Å². The van der Waals surface area contributed by atoms with Crippen LogP contribution in [0.3, 0.4) is 0 Å². The Morgan fingerprint density at radius 1 is 1.30 bits per heavy atom. The highest BCUT2D eigenvalue weighted by Crippen LogP contribution is 1.73. The summed E-state index contributed by atoms with van der Waals surface area (Å²) in [5, 5.41) is 0. The van der Waals surface area contributed by atoms with Crippen LogP contribution in [0.5, 0.6) is 0 Å². The number of esters is 2. The molecule has 2 N–H and O–H groups in total. The molecule has 0 fully saturated rings. The quantitative estimate of drug-likeness (QED) is 0.388. The smallest absolute Gasteiger partial charge is 0.310 e. The molecule has 0 radical (unpaired) electrons. The summed E-state index contributed by atoms with van der Waals surface area (Å²) < 4.78 is 3.97. The van der Waals surface area contributed by atoms with Crippen LogP contribution in [0.25, 0.3) is 0 Å². The summed E-state index contributed by atoms with van der Waals surface area (Å²) >= 11 is 0. The molecule has 0 amide bonds. The first-order valence-electron chi connectivity index (χ1n) is 2.93. The first kappa shape index (κ1) is 11.8. The van der Waals surface area contributed by atoms with Gasteiger partial charge in [-0.05, 0) is 6.54 Å². The van der Waals surface area contributed by atoms with Crippen molar-refractivity contribution in [3.05, 3.63) is 0 Å². The molecule has 0 aliphatic rings. The van der Waals surface area contributed by atoms with E-state index in [-0.39, 0.29) is 0 Å². The van der Waals surface area contributed by atoms with Crippen LogP contribution in [-0.4, -0.2) is 18.5 Å². The van der Waals surface area contributed by atoms with E-state index < -0.39 is 11.9 Å². The fraction of sp³-hybridized carbons (Fsp3) is 0.667. The van der Waals surface area contributed by atoms with Crippen LogP contribution in [0.1, 0.15) is 20.8 Å². The molecule has 0 spiro atoms. The number of ether oxygens (including phenoxy) is 1. The van der Waals surface area contributed by atoms with Gasteiger partial charge in [0.1, 0.15) is 0 Å². The van der Waals surface area contributed by atoms with Gasteiger partial charge in [-0.25, -0.2) is 0 Å². The molecule has 10 heavy (non-hydrogen) atoms. The Hall–Kier alpha value is -0.900. The Morgan fingerprint density at radius 3 is 1.50 bits per heavy atom. The van der Waals surface area contributed by atoms with Crippen molar-refractivity contribution in [2.24, 2.45) is 5.73 Å². The second-order valence-corrected chi connectivity index (χ2v) is 1.49. The van der Waals surface area contributed by atoms with Crippen molar-refractivity contribution in [1.82, 2.24) is 0 Å². The maximum absolute atomic E-state index is 9.81. The van der Waals surface area contributed by atoms with Gasteiger partial charge < -0.3 is 10.5 Å². The average Bonchev–Trinajstić information content (AvgIpc) is 1.62. The Kier molecular flexibility index (Phi) is 9.59. The second kappa shape index (κ2) is 8.10. The molecule has 4 nitrogen and oxygen atoms in total. The number of hydrogen-bond acceptors (Lipinski definition) is 4. The summed E-state index contributed by atoms with van der Waals surface area (Å²) in [6.07, 6.45) is 0. The molecule has 0 aromatic heterocycles. The van der Waals surface area contributed by atoms with Gasteiger partial charge in [-0.1, -0.05) is 6.92 Å². The number of carbonyl (C=O) groups excluding carboxylic acids is 2. The lowest BCUT2D eigenvalue weighted by molar-refractivity contribution is -0.156. The van der Waals surface area contributed by atoms with E-state index in [1.54, 1.807) is 0 Å². The zero-order chi connectivity index (χ0) is 8.57. The minimum Gasteiger partial charge on any atom is -0.394 e. The molecule has 0 aromatic carbocycles. The Morgan fingerprint density at radius 2 is 1.50 bits per heavy atom. The fourth-order valence-corrected chi connectivity index (χ4v) is 0.202. The van der Waals surface area contributed by atoms with Crippen molar-refractivity contribution >= 4 is 11.9 Å². The third kappa shape index (κ3) is 27.5. The van der Waals surface area contributed by atoms with E-state index >= 15 is 0 Å². The summed E-state index contributed by atoms with van der Waals surface area (Å²) in [6.45, 7) is 5.02. The van der Waals surface area contributed by atoms with E-state index in [0.717, 1.165) is 6.54 Å². The predicted octanol–water partition coefficient (Wildman–Crippen LogP) is 0.0610. The first-order chi connectivity index (χ1) is 4.54. The number of hydrogen-bond donors (Lipinski definition) is 1. The fourth-order valence-electron chi connectivity index (χ4n) is 0.202. The summed E-state index contributed by atoms with van der Waals surface area (Å²) in [5.41, 5.74) is 4.85. The molecule has 0 heterocycles. The zero-order valence-corrected chi connectivity index (χ0v) is 6.51. The molecule has 4 heteroatoms. The maximum Gasteiger partial charge on any atom is 0.310 e. The minimum atomic E-state index is -0.562. The first-order valence-corrected chi connectivity index (χ1v) is 2.93. The van der Waals surface area contributed by atoms with E-state index in [9.17, 15) is 9.59 Å². The molecule has 0 rings (SSSR count). The van der Waals surface area contributed by atoms with Crippen molar-refractivity contribution < 1.29 is 14.3 Å². The van der Waals surface area contributed by atoms with Crippen LogP contribution in [0, 0.1) is 0 Å². The largest absolute Gasteiger partial charge is 0.394 e. The van der Waals surface area contributed by atoms with Gasteiger partial charge in [0, 0.05) is 13.8 Å². The number of carbonyl (C=O) groups is 2. The van der Waals surface area contributed by atoms with Crippen LogP contribution in [0.15, 0.2) is 0 Å². The van der Waals surface area contributed by atoms with Crippen molar-refractivity contribution in [3.63, 3.8) is 0 Å². The summed E-state index contributed by atoms with van der Waals surface area (Å²) in [4.78, 5) is 19.6. The molecule has 0 aromatic rings. The van der Waals surface area contributed by atoms with E-state index in [0.29, 0.717) is 0 Å². The minimum absolute atomic E-state index is 0.562. The van der Waals surface area contributed by atoms with Crippen LogP contribution in [0.2, 0.25) is 0 Å². The summed E-state index contributed by atoms with van der Waals surface area (Å²) in [7, 11) is 0. The van der Waals surface area contributed by atoms with Crippen LogP contribution < -0.4 is 5.73 Å².